The lowest BCUT2D eigenvalue weighted by molar-refractivity contribution is 0.369. The predicted octanol–water partition coefficient (Wildman–Crippen LogP) is 2.43. The summed E-state index contributed by atoms with van der Waals surface area (Å²) >= 11 is 1.17. The van der Waals surface area contributed by atoms with E-state index in [1.165, 1.54) is 17.4 Å². The molecule has 1 saturated carbocycles. The Balaban J connectivity index is 2.10. The van der Waals surface area contributed by atoms with E-state index in [9.17, 15) is 8.42 Å². The molecule has 0 amide bonds. The molecule has 0 aromatic carbocycles. The van der Waals surface area contributed by atoms with Crippen molar-refractivity contribution < 1.29 is 8.42 Å². The van der Waals surface area contributed by atoms with Gasteiger partial charge in [-0.2, -0.15) is 0 Å². The van der Waals surface area contributed by atoms with Crippen LogP contribution in [-0.2, 0) is 10.0 Å². The van der Waals surface area contributed by atoms with Crippen molar-refractivity contribution in [3.05, 3.63) is 11.4 Å². The van der Waals surface area contributed by atoms with Crippen molar-refractivity contribution in [2.75, 3.05) is 5.73 Å². The summed E-state index contributed by atoms with van der Waals surface area (Å²) in [4.78, 5) is 0. The topological polar surface area (TPSA) is 72.2 Å². The van der Waals surface area contributed by atoms with Gasteiger partial charge in [-0.05, 0) is 30.7 Å². The SMILES string of the molecule is CCC1CCC(NS(=O)(=O)c2cc(N)cs2)C1C. The Bertz CT molecular complexity index is 510. The van der Waals surface area contributed by atoms with E-state index in [2.05, 4.69) is 18.6 Å². The highest BCUT2D eigenvalue weighted by atomic mass is 32.2. The molecule has 1 heterocycles. The molecule has 0 aliphatic heterocycles. The summed E-state index contributed by atoms with van der Waals surface area (Å²) in [7, 11) is -3.40. The molecule has 102 valence electrons. The number of anilines is 1. The normalized spacial score (nSPS) is 28.7. The smallest absolute Gasteiger partial charge is 0.250 e. The predicted molar refractivity (Wildman–Crippen MR) is 75.0 cm³/mol. The third-order valence-electron chi connectivity index (χ3n) is 3.92. The van der Waals surface area contributed by atoms with Gasteiger partial charge in [-0.25, -0.2) is 13.1 Å². The molecule has 18 heavy (non-hydrogen) atoms. The molecule has 3 N–H and O–H groups in total. The van der Waals surface area contributed by atoms with Gasteiger partial charge in [-0.1, -0.05) is 20.3 Å². The Labute approximate surface area is 113 Å². The molecule has 0 spiro atoms. The van der Waals surface area contributed by atoms with Crippen LogP contribution in [0.25, 0.3) is 0 Å². The standard InChI is InChI=1S/C12H20N2O2S2/c1-3-9-4-5-11(8(9)2)14-18(15,16)12-6-10(13)7-17-12/h6-9,11,14H,3-5,13H2,1-2H3. The monoisotopic (exact) mass is 288 g/mol. The van der Waals surface area contributed by atoms with Gasteiger partial charge < -0.3 is 5.73 Å². The first-order valence-corrected chi connectivity index (χ1v) is 8.66. The van der Waals surface area contributed by atoms with Crippen LogP contribution in [0.1, 0.15) is 33.1 Å². The first kappa shape index (κ1) is 13.8. The lowest BCUT2D eigenvalue weighted by Crippen LogP contribution is -2.37. The van der Waals surface area contributed by atoms with E-state index >= 15 is 0 Å². The molecular weight excluding hydrogens is 268 g/mol. The molecular formula is C12H20N2O2S2. The minimum Gasteiger partial charge on any atom is -0.398 e. The van der Waals surface area contributed by atoms with E-state index < -0.39 is 10.0 Å². The third kappa shape index (κ3) is 2.70. The summed E-state index contributed by atoms with van der Waals surface area (Å²) < 4.78 is 27.5. The van der Waals surface area contributed by atoms with E-state index in [0.29, 0.717) is 21.7 Å². The van der Waals surface area contributed by atoms with Gasteiger partial charge in [0.15, 0.2) is 0 Å². The molecule has 4 nitrogen and oxygen atoms in total. The lowest BCUT2D eigenvalue weighted by Gasteiger charge is -2.20. The zero-order valence-corrected chi connectivity index (χ0v) is 12.4. The minimum atomic E-state index is -3.40. The van der Waals surface area contributed by atoms with Gasteiger partial charge in [0.2, 0.25) is 10.0 Å². The first-order valence-electron chi connectivity index (χ1n) is 6.30. The van der Waals surface area contributed by atoms with Crippen LogP contribution >= 0.6 is 11.3 Å². The molecule has 1 aliphatic rings. The first-order chi connectivity index (χ1) is 8.44. The van der Waals surface area contributed by atoms with Crippen molar-refractivity contribution in [3.63, 3.8) is 0 Å². The van der Waals surface area contributed by atoms with Crippen molar-refractivity contribution >= 4 is 27.0 Å². The maximum atomic E-state index is 12.2. The van der Waals surface area contributed by atoms with Crippen LogP contribution in [-0.4, -0.2) is 14.5 Å². The number of hydrogen-bond donors (Lipinski definition) is 2. The van der Waals surface area contributed by atoms with E-state index in [1.54, 1.807) is 5.38 Å². The molecule has 0 radical (unpaired) electrons. The van der Waals surface area contributed by atoms with Crippen molar-refractivity contribution in [2.45, 2.75) is 43.4 Å². The number of hydrogen-bond acceptors (Lipinski definition) is 4. The van der Waals surface area contributed by atoms with Gasteiger partial charge in [0.1, 0.15) is 4.21 Å². The summed E-state index contributed by atoms with van der Waals surface area (Å²) in [6.45, 7) is 4.30. The number of thiophene rings is 1. The summed E-state index contributed by atoms with van der Waals surface area (Å²) in [5.41, 5.74) is 6.08. The lowest BCUT2D eigenvalue weighted by atomic mass is 9.94. The van der Waals surface area contributed by atoms with Crippen molar-refractivity contribution in [1.82, 2.24) is 4.72 Å². The quantitative estimate of drug-likeness (QED) is 0.893. The van der Waals surface area contributed by atoms with Crippen LogP contribution < -0.4 is 10.5 Å². The average Bonchev–Trinajstić information content (AvgIpc) is 2.87. The van der Waals surface area contributed by atoms with Crippen LogP contribution in [0.4, 0.5) is 5.69 Å². The van der Waals surface area contributed by atoms with Crippen molar-refractivity contribution in [2.24, 2.45) is 11.8 Å². The van der Waals surface area contributed by atoms with Crippen molar-refractivity contribution in [1.29, 1.82) is 0 Å². The van der Waals surface area contributed by atoms with Crippen LogP contribution in [0.5, 0.6) is 0 Å². The summed E-state index contributed by atoms with van der Waals surface area (Å²) in [5.74, 6) is 1.04. The average molecular weight is 288 g/mol. The number of nitrogens with one attached hydrogen (secondary N) is 1. The Morgan fingerprint density at radius 3 is 2.72 bits per heavy atom. The van der Waals surface area contributed by atoms with Crippen LogP contribution in [0.15, 0.2) is 15.7 Å². The van der Waals surface area contributed by atoms with Gasteiger partial charge >= 0.3 is 0 Å². The second-order valence-electron chi connectivity index (χ2n) is 5.03. The van der Waals surface area contributed by atoms with E-state index in [-0.39, 0.29) is 6.04 Å². The fraction of sp³-hybridized carbons (Fsp3) is 0.667. The van der Waals surface area contributed by atoms with E-state index in [1.807, 2.05) is 0 Å². The van der Waals surface area contributed by atoms with E-state index in [0.717, 1.165) is 19.3 Å². The molecule has 3 unspecified atom stereocenters. The van der Waals surface area contributed by atoms with Crippen LogP contribution in [0.2, 0.25) is 0 Å². The van der Waals surface area contributed by atoms with Gasteiger partial charge in [-0.15, -0.1) is 11.3 Å². The van der Waals surface area contributed by atoms with Gasteiger partial charge in [-0.3, -0.25) is 0 Å². The largest absolute Gasteiger partial charge is 0.398 e. The Kier molecular flexibility index (Phi) is 3.99. The molecule has 3 atom stereocenters. The summed E-state index contributed by atoms with van der Waals surface area (Å²) in [6, 6.07) is 1.58. The summed E-state index contributed by atoms with van der Waals surface area (Å²) in [5, 5.41) is 1.65. The Morgan fingerprint density at radius 2 is 2.22 bits per heavy atom. The molecule has 1 aliphatic carbocycles. The number of sulfonamides is 1. The molecule has 0 saturated heterocycles. The maximum Gasteiger partial charge on any atom is 0.250 e. The molecule has 1 aromatic heterocycles. The maximum absolute atomic E-state index is 12.2. The number of nitrogen functional groups attached to an aromatic ring is 1. The van der Waals surface area contributed by atoms with Gasteiger partial charge in [0.25, 0.3) is 0 Å². The molecule has 1 aromatic rings. The van der Waals surface area contributed by atoms with Crippen LogP contribution in [0, 0.1) is 11.8 Å². The Hall–Kier alpha value is -0.590. The summed E-state index contributed by atoms with van der Waals surface area (Å²) in [6.07, 6.45) is 3.16. The van der Waals surface area contributed by atoms with Crippen molar-refractivity contribution in [3.8, 4) is 0 Å². The van der Waals surface area contributed by atoms with Gasteiger partial charge in [0, 0.05) is 17.1 Å². The third-order valence-corrected chi connectivity index (χ3v) is 6.87. The number of rotatable bonds is 4. The molecule has 1 fully saturated rings. The highest BCUT2D eigenvalue weighted by Gasteiger charge is 2.34. The molecule has 0 bridgehead atoms. The fourth-order valence-electron chi connectivity index (χ4n) is 2.72. The molecule has 2 rings (SSSR count). The highest BCUT2D eigenvalue weighted by molar-refractivity contribution is 7.91. The molecule has 6 heteroatoms. The highest BCUT2D eigenvalue weighted by Crippen LogP contribution is 2.35. The fourth-order valence-corrected chi connectivity index (χ4v) is 5.18. The van der Waals surface area contributed by atoms with Gasteiger partial charge in [0.05, 0.1) is 0 Å². The second-order valence-corrected chi connectivity index (χ2v) is 7.88. The number of nitrogens with two attached hydrogens (primary N) is 1. The minimum absolute atomic E-state index is 0.0586. The Morgan fingerprint density at radius 1 is 1.50 bits per heavy atom. The zero-order chi connectivity index (χ0) is 13.3. The zero-order valence-electron chi connectivity index (χ0n) is 10.7. The van der Waals surface area contributed by atoms with E-state index in [4.69, 9.17) is 5.73 Å². The second kappa shape index (κ2) is 5.19. The van der Waals surface area contributed by atoms with Crippen LogP contribution in [0.3, 0.4) is 0 Å².